The minimum atomic E-state index is -0.445. The molecule has 1 unspecified atom stereocenters. The monoisotopic (exact) mass is 339 g/mol. The molecule has 0 heterocycles. The number of nitrogens with zero attached hydrogens (tertiary/aromatic N) is 1. The van der Waals surface area contributed by atoms with Crippen LogP contribution in [0, 0.1) is 17.8 Å². The lowest BCUT2D eigenvalue weighted by atomic mass is 9.91. The number of allylic oxidation sites excluding steroid dienone is 1. The Hall–Kier alpha value is -0.340. The smallest absolute Gasteiger partial charge is 0.126 e. The van der Waals surface area contributed by atoms with E-state index in [0.717, 1.165) is 24.2 Å². The lowest BCUT2D eigenvalue weighted by Crippen LogP contribution is -2.25. The van der Waals surface area contributed by atoms with E-state index < -0.39 is 6.23 Å². The maximum atomic E-state index is 9.81. The van der Waals surface area contributed by atoms with Crippen LogP contribution in [0.3, 0.4) is 0 Å². The van der Waals surface area contributed by atoms with Gasteiger partial charge in [0.05, 0.1) is 0 Å². The largest absolute Gasteiger partial charge is 0.375 e. The normalized spacial score (nSPS) is 16.7. The first-order valence-corrected chi connectivity index (χ1v) is 10.2. The SMILES string of the molecule is C/C(=C\C(O)N(C)C)CCC[C@H](C)CCC[C@H](C)CCCC(C)C. The van der Waals surface area contributed by atoms with Gasteiger partial charge in [0.2, 0.25) is 0 Å². The van der Waals surface area contributed by atoms with Crippen LogP contribution in [0.4, 0.5) is 0 Å². The minimum Gasteiger partial charge on any atom is -0.375 e. The van der Waals surface area contributed by atoms with Gasteiger partial charge in [-0.25, -0.2) is 0 Å². The van der Waals surface area contributed by atoms with Gasteiger partial charge in [-0.05, 0) is 57.7 Å². The summed E-state index contributed by atoms with van der Waals surface area (Å²) in [5, 5.41) is 9.81. The van der Waals surface area contributed by atoms with E-state index in [0.29, 0.717) is 0 Å². The van der Waals surface area contributed by atoms with Gasteiger partial charge < -0.3 is 5.11 Å². The van der Waals surface area contributed by atoms with Crippen molar-refractivity contribution in [2.75, 3.05) is 14.1 Å². The van der Waals surface area contributed by atoms with E-state index in [2.05, 4.69) is 34.6 Å². The first-order valence-electron chi connectivity index (χ1n) is 10.2. The second kappa shape index (κ2) is 13.9. The Labute approximate surface area is 152 Å². The van der Waals surface area contributed by atoms with Crippen molar-refractivity contribution in [3.05, 3.63) is 11.6 Å². The van der Waals surface area contributed by atoms with E-state index in [9.17, 15) is 5.11 Å². The van der Waals surface area contributed by atoms with Crippen LogP contribution in [0.1, 0.15) is 92.4 Å². The molecule has 0 aliphatic carbocycles. The zero-order valence-electron chi connectivity index (χ0n) is 17.6. The zero-order chi connectivity index (χ0) is 18.5. The van der Waals surface area contributed by atoms with Crippen LogP contribution in [0.15, 0.2) is 11.6 Å². The Morgan fingerprint density at radius 1 is 0.833 bits per heavy atom. The molecule has 1 N–H and O–H groups in total. The molecule has 3 atom stereocenters. The molecule has 0 saturated carbocycles. The summed E-state index contributed by atoms with van der Waals surface area (Å²) in [5.74, 6) is 2.58. The second-order valence-electron chi connectivity index (χ2n) is 8.75. The molecule has 0 fully saturated rings. The van der Waals surface area contributed by atoms with Gasteiger partial charge in [-0.2, -0.15) is 0 Å². The van der Waals surface area contributed by atoms with E-state index in [1.54, 1.807) is 0 Å². The Morgan fingerprint density at radius 2 is 1.29 bits per heavy atom. The molecule has 0 aromatic rings. The highest BCUT2D eigenvalue weighted by atomic mass is 16.3. The van der Waals surface area contributed by atoms with Crippen molar-refractivity contribution >= 4 is 0 Å². The second-order valence-corrected chi connectivity index (χ2v) is 8.75. The van der Waals surface area contributed by atoms with Crippen LogP contribution in [-0.2, 0) is 0 Å². The summed E-state index contributed by atoms with van der Waals surface area (Å²) in [6, 6.07) is 0. The van der Waals surface area contributed by atoms with Gasteiger partial charge in [-0.3, -0.25) is 4.90 Å². The number of hydrogen-bond donors (Lipinski definition) is 1. The van der Waals surface area contributed by atoms with Gasteiger partial charge in [0.1, 0.15) is 6.23 Å². The minimum absolute atomic E-state index is 0.445. The Balaban J connectivity index is 3.71. The Morgan fingerprint density at radius 3 is 1.75 bits per heavy atom. The van der Waals surface area contributed by atoms with Crippen LogP contribution in [0.2, 0.25) is 0 Å². The van der Waals surface area contributed by atoms with Crippen molar-refractivity contribution in [1.82, 2.24) is 4.90 Å². The third-order valence-electron chi connectivity index (χ3n) is 5.10. The van der Waals surface area contributed by atoms with Crippen molar-refractivity contribution in [1.29, 1.82) is 0 Å². The summed E-state index contributed by atoms with van der Waals surface area (Å²) in [7, 11) is 3.81. The summed E-state index contributed by atoms with van der Waals surface area (Å²) in [6.45, 7) is 11.6. The van der Waals surface area contributed by atoms with E-state index in [4.69, 9.17) is 0 Å². The molecule has 0 amide bonds. The first kappa shape index (κ1) is 23.7. The molecular formula is C22H45NO. The summed E-state index contributed by atoms with van der Waals surface area (Å²) < 4.78 is 0. The third-order valence-corrected chi connectivity index (χ3v) is 5.10. The number of likely N-dealkylation sites (N-methyl/N-ethyl adjacent to an activating group) is 1. The first-order chi connectivity index (χ1) is 11.2. The molecule has 0 radical (unpaired) electrons. The van der Waals surface area contributed by atoms with Crippen LogP contribution >= 0.6 is 0 Å². The van der Waals surface area contributed by atoms with Gasteiger partial charge in [0.25, 0.3) is 0 Å². The Kier molecular flexibility index (Phi) is 13.7. The van der Waals surface area contributed by atoms with Crippen LogP contribution in [0.25, 0.3) is 0 Å². The highest BCUT2D eigenvalue weighted by Crippen LogP contribution is 2.22. The number of rotatable bonds is 14. The van der Waals surface area contributed by atoms with E-state index in [1.165, 1.54) is 56.9 Å². The molecule has 0 aromatic heterocycles. The predicted octanol–water partition coefficient (Wildman–Crippen LogP) is 6.25. The standard InChI is InChI=1S/C22H45NO/c1-18(2)11-8-12-19(3)13-9-14-20(4)15-10-16-21(5)17-22(24)23(6)7/h17-20,22,24H,8-16H2,1-7H3/b21-17+/t19-,20-,22?/m1/s1. The van der Waals surface area contributed by atoms with Crippen molar-refractivity contribution in [2.24, 2.45) is 17.8 Å². The van der Waals surface area contributed by atoms with Crippen LogP contribution in [-0.4, -0.2) is 30.3 Å². The van der Waals surface area contributed by atoms with Crippen molar-refractivity contribution in [3.63, 3.8) is 0 Å². The molecule has 0 bridgehead atoms. The fourth-order valence-electron chi connectivity index (χ4n) is 3.19. The number of aliphatic hydroxyl groups is 1. The van der Waals surface area contributed by atoms with E-state index >= 15 is 0 Å². The summed E-state index contributed by atoms with van der Waals surface area (Å²) in [5.41, 5.74) is 1.31. The summed E-state index contributed by atoms with van der Waals surface area (Å²) in [4.78, 5) is 1.83. The predicted molar refractivity (Wildman–Crippen MR) is 108 cm³/mol. The number of hydrogen-bond acceptors (Lipinski definition) is 2. The molecule has 144 valence electrons. The maximum absolute atomic E-state index is 9.81. The van der Waals surface area contributed by atoms with E-state index in [-0.39, 0.29) is 0 Å². The van der Waals surface area contributed by atoms with Gasteiger partial charge >= 0.3 is 0 Å². The topological polar surface area (TPSA) is 23.5 Å². The zero-order valence-corrected chi connectivity index (χ0v) is 17.6. The molecule has 0 aliphatic heterocycles. The molecule has 0 saturated heterocycles. The molecule has 0 rings (SSSR count). The lowest BCUT2D eigenvalue weighted by Gasteiger charge is -2.16. The molecule has 0 spiro atoms. The fraction of sp³-hybridized carbons (Fsp3) is 0.909. The molecule has 2 nitrogen and oxygen atoms in total. The van der Waals surface area contributed by atoms with Gasteiger partial charge in [-0.15, -0.1) is 0 Å². The highest BCUT2D eigenvalue weighted by molar-refractivity contribution is 5.00. The Bertz CT molecular complexity index is 322. The summed E-state index contributed by atoms with van der Waals surface area (Å²) in [6.07, 6.45) is 13.6. The van der Waals surface area contributed by atoms with Crippen molar-refractivity contribution in [3.8, 4) is 0 Å². The van der Waals surface area contributed by atoms with Crippen LogP contribution in [0.5, 0.6) is 0 Å². The highest BCUT2D eigenvalue weighted by Gasteiger charge is 2.07. The average Bonchev–Trinajstić information content (AvgIpc) is 2.46. The quantitative estimate of drug-likeness (QED) is 0.298. The maximum Gasteiger partial charge on any atom is 0.126 e. The third kappa shape index (κ3) is 14.0. The van der Waals surface area contributed by atoms with Crippen LogP contribution < -0.4 is 0 Å². The van der Waals surface area contributed by atoms with Crippen molar-refractivity contribution in [2.45, 2.75) is 98.6 Å². The molecule has 24 heavy (non-hydrogen) atoms. The van der Waals surface area contributed by atoms with Gasteiger partial charge in [0.15, 0.2) is 0 Å². The average molecular weight is 340 g/mol. The number of aliphatic hydroxyl groups excluding tert-OH is 1. The van der Waals surface area contributed by atoms with Gasteiger partial charge in [-0.1, -0.05) is 78.2 Å². The van der Waals surface area contributed by atoms with Gasteiger partial charge in [0, 0.05) is 0 Å². The molecule has 0 aromatic carbocycles. The van der Waals surface area contributed by atoms with E-state index in [1.807, 2.05) is 25.1 Å². The summed E-state index contributed by atoms with van der Waals surface area (Å²) >= 11 is 0. The van der Waals surface area contributed by atoms with Crippen molar-refractivity contribution < 1.29 is 5.11 Å². The molecule has 0 aliphatic rings. The fourth-order valence-corrected chi connectivity index (χ4v) is 3.19. The lowest BCUT2D eigenvalue weighted by molar-refractivity contribution is 0.0827. The molecular weight excluding hydrogens is 294 g/mol. The molecule has 2 heteroatoms.